The van der Waals surface area contributed by atoms with Gasteiger partial charge in [-0.15, -0.1) is 0 Å². The molecule has 2 heterocycles. The van der Waals surface area contributed by atoms with E-state index in [4.69, 9.17) is 4.42 Å². The summed E-state index contributed by atoms with van der Waals surface area (Å²) in [6, 6.07) is 11.8. The summed E-state index contributed by atoms with van der Waals surface area (Å²) in [5.74, 6) is 0.489. The highest BCUT2D eigenvalue weighted by atomic mass is 16.3. The molecule has 0 saturated carbocycles. The number of furan rings is 1. The first kappa shape index (κ1) is 16.6. The molecule has 1 amide bonds. The number of amides is 1. The fraction of sp³-hybridized carbons (Fsp3) is 0.421. The van der Waals surface area contributed by atoms with Gasteiger partial charge in [-0.25, -0.2) is 0 Å². The molecule has 0 radical (unpaired) electrons. The van der Waals surface area contributed by atoms with Crippen LogP contribution in [0, 0.1) is 0 Å². The number of carbonyl (C=O) groups is 1. The van der Waals surface area contributed by atoms with Crippen LogP contribution in [0.3, 0.4) is 0 Å². The molecule has 0 fully saturated rings. The molecule has 5 heteroatoms. The van der Waals surface area contributed by atoms with Crippen LogP contribution in [0.1, 0.15) is 37.1 Å². The van der Waals surface area contributed by atoms with Crippen LogP contribution in [0.15, 0.2) is 47.1 Å². The summed E-state index contributed by atoms with van der Waals surface area (Å²) in [6.07, 6.45) is 4.11. The van der Waals surface area contributed by atoms with Crippen LogP contribution in [0.2, 0.25) is 0 Å². The predicted octanol–water partition coefficient (Wildman–Crippen LogP) is 2.66. The summed E-state index contributed by atoms with van der Waals surface area (Å²) in [6.45, 7) is 2.69. The Kier molecular flexibility index (Phi) is 5.20. The van der Waals surface area contributed by atoms with Crippen LogP contribution in [0.4, 0.5) is 5.69 Å². The molecule has 0 saturated heterocycles. The van der Waals surface area contributed by atoms with E-state index in [2.05, 4.69) is 35.3 Å². The number of aliphatic hydroxyl groups excluding tert-OH is 1. The van der Waals surface area contributed by atoms with Gasteiger partial charge in [0.1, 0.15) is 11.8 Å². The van der Waals surface area contributed by atoms with Crippen molar-refractivity contribution < 1.29 is 14.3 Å². The van der Waals surface area contributed by atoms with E-state index in [0.717, 1.165) is 12.8 Å². The number of carbonyl (C=O) groups excluding carboxylic acids is 1. The Hall–Kier alpha value is -2.27. The second-order valence-corrected chi connectivity index (χ2v) is 6.28. The zero-order valence-corrected chi connectivity index (χ0v) is 13.9. The molecule has 1 aliphatic heterocycles. The van der Waals surface area contributed by atoms with Gasteiger partial charge in [-0.1, -0.05) is 18.2 Å². The number of rotatable bonds is 6. The number of fused-ring (bicyclic) bond motifs is 1. The first-order chi connectivity index (χ1) is 11.7. The van der Waals surface area contributed by atoms with Gasteiger partial charge in [0, 0.05) is 24.7 Å². The quantitative estimate of drug-likeness (QED) is 0.855. The lowest BCUT2D eigenvalue weighted by atomic mass is 9.96. The highest BCUT2D eigenvalue weighted by molar-refractivity contribution is 5.77. The van der Waals surface area contributed by atoms with Crippen molar-refractivity contribution in [2.75, 3.05) is 18.1 Å². The molecule has 0 aliphatic carbocycles. The van der Waals surface area contributed by atoms with Crippen LogP contribution in [0.5, 0.6) is 0 Å². The number of nitrogens with zero attached hydrogens (tertiary/aromatic N) is 1. The van der Waals surface area contributed by atoms with Gasteiger partial charge in [-0.2, -0.15) is 0 Å². The summed E-state index contributed by atoms with van der Waals surface area (Å²) < 4.78 is 5.26. The minimum atomic E-state index is -0.487. The third-order valence-corrected chi connectivity index (χ3v) is 4.65. The lowest BCUT2D eigenvalue weighted by Gasteiger charge is -2.37. The molecular formula is C19H24N2O3. The number of aryl methyl sites for hydroxylation is 1. The largest absolute Gasteiger partial charge is 0.467 e. The maximum atomic E-state index is 12.3. The van der Waals surface area contributed by atoms with Crippen LogP contribution in [-0.4, -0.2) is 30.2 Å². The van der Waals surface area contributed by atoms with Crippen molar-refractivity contribution in [3.8, 4) is 0 Å². The molecule has 2 aromatic rings. The van der Waals surface area contributed by atoms with Gasteiger partial charge in [0.05, 0.1) is 12.9 Å². The average Bonchev–Trinajstić information content (AvgIpc) is 3.13. The van der Waals surface area contributed by atoms with Gasteiger partial charge in [0.25, 0.3) is 0 Å². The summed E-state index contributed by atoms with van der Waals surface area (Å²) in [7, 11) is 0. The highest BCUT2D eigenvalue weighted by Crippen LogP contribution is 2.30. The minimum absolute atomic E-state index is 0.0827. The van der Waals surface area contributed by atoms with Gasteiger partial charge in [0.2, 0.25) is 5.91 Å². The number of anilines is 1. The van der Waals surface area contributed by atoms with Gasteiger partial charge >= 0.3 is 0 Å². The van der Waals surface area contributed by atoms with E-state index < -0.39 is 6.04 Å². The molecule has 2 unspecified atom stereocenters. The van der Waals surface area contributed by atoms with E-state index in [-0.39, 0.29) is 12.5 Å². The van der Waals surface area contributed by atoms with Gasteiger partial charge in [0.15, 0.2) is 0 Å². The normalized spacial score (nSPS) is 18.1. The Morgan fingerprint density at radius 2 is 2.21 bits per heavy atom. The Bertz CT molecular complexity index is 669. The van der Waals surface area contributed by atoms with E-state index in [1.54, 1.807) is 12.1 Å². The zero-order valence-electron chi connectivity index (χ0n) is 13.9. The monoisotopic (exact) mass is 328 g/mol. The van der Waals surface area contributed by atoms with Crippen LogP contribution >= 0.6 is 0 Å². The number of para-hydroxylation sites is 1. The lowest BCUT2D eigenvalue weighted by Crippen LogP contribution is -2.40. The van der Waals surface area contributed by atoms with Crippen LogP contribution < -0.4 is 10.2 Å². The van der Waals surface area contributed by atoms with Crippen molar-refractivity contribution in [1.82, 2.24) is 5.32 Å². The first-order valence-electron chi connectivity index (χ1n) is 8.47. The standard InChI is InChI=1S/C19H24N2O3/c1-14-8-9-15-5-2-3-6-17(15)21(14)11-10-19(23)20-16(13-22)18-7-4-12-24-18/h2-7,12,14,16,22H,8-11,13H2,1H3,(H,20,23). The third-order valence-electron chi connectivity index (χ3n) is 4.65. The highest BCUT2D eigenvalue weighted by Gasteiger charge is 2.23. The summed E-state index contributed by atoms with van der Waals surface area (Å²) >= 11 is 0. The van der Waals surface area contributed by atoms with E-state index in [1.165, 1.54) is 17.5 Å². The van der Waals surface area contributed by atoms with E-state index >= 15 is 0 Å². The van der Waals surface area contributed by atoms with Crippen molar-refractivity contribution in [2.24, 2.45) is 0 Å². The molecule has 1 aromatic heterocycles. The number of nitrogens with one attached hydrogen (secondary N) is 1. The summed E-state index contributed by atoms with van der Waals surface area (Å²) in [5.41, 5.74) is 2.58. The minimum Gasteiger partial charge on any atom is -0.467 e. The van der Waals surface area contributed by atoms with Gasteiger partial charge in [-0.3, -0.25) is 4.79 Å². The molecule has 1 aliphatic rings. The van der Waals surface area contributed by atoms with Gasteiger partial charge < -0.3 is 19.7 Å². The van der Waals surface area contributed by atoms with E-state index in [9.17, 15) is 9.90 Å². The van der Waals surface area contributed by atoms with E-state index in [0.29, 0.717) is 24.8 Å². The molecule has 128 valence electrons. The molecule has 2 atom stereocenters. The smallest absolute Gasteiger partial charge is 0.222 e. The fourth-order valence-corrected chi connectivity index (χ4v) is 3.29. The number of hydrogen-bond acceptors (Lipinski definition) is 4. The SMILES string of the molecule is CC1CCc2ccccc2N1CCC(=O)NC(CO)c1ccco1. The third kappa shape index (κ3) is 3.62. The molecule has 0 bridgehead atoms. The Morgan fingerprint density at radius 1 is 1.38 bits per heavy atom. The lowest BCUT2D eigenvalue weighted by molar-refractivity contribution is -0.122. The summed E-state index contributed by atoms with van der Waals surface area (Å²) in [5, 5.41) is 12.3. The molecular weight excluding hydrogens is 304 g/mol. The zero-order chi connectivity index (χ0) is 16.9. The second kappa shape index (κ2) is 7.53. The topological polar surface area (TPSA) is 65.7 Å². The molecule has 5 nitrogen and oxygen atoms in total. The van der Waals surface area contributed by atoms with E-state index in [1.807, 2.05) is 6.07 Å². The Balaban J connectivity index is 1.60. The Labute approximate surface area is 142 Å². The molecule has 2 N–H and O–H groups in total. The molecule has 0 spiro atoms. The van der Waals surface area contributed by atoms with Crippen LogP contribution in [-0.2, 0) is 11.2 Å². The second-order valence-electron chi connectivity index (χ2n) is 6.28. The maximum Gasteiger partial charge on any atom is 0.222 e. The molecule has 3 rings (SSSR count). The molecule has 1 aromatic carbocycles. The number of benzene rings is 1. The molecule has 24 heavy (non-hydrogen) atoms. The predicted molar refractivity (Wildman–Crippen MR) is 92.9 cm³/mol. The van der Waals surface area contributed by atoms with Crippen molar-refractivity contribution in [2.45, 2.75) is 38.3 Å². The van der Waals surface area contributed by atoms with Gasteiger partial charge in [-0.05, 0) is 43.5 Å². The average molecular weight is 328 g/mol. The number of hydrogen-bond donors (Lipinski definition) is 2. The fourth-order valence-electron chi connectivity index (χ4n) is 3.29. The maximum absolute atomic E-state index is 12.3. The Morgan fingerprint density at radius 3 is 2.96 bits per heavy atom. The number of aliphatic hydroxyl groups is 1. The van der Waals surface area contributed by atoms with Crippen molar-refractivity contribution in [3.05, 3.63) is 54.0 Å². The van der Waals surface area contributed by atoms with Crippen molar-refractivity contribution >= 4 is 11.6 Å². The van der Waals surface area contributed by atoms with Crippen LogP contribution in [0.25, 0.3) is 0 Å². The van der Waals surface area contributed by atoms with Crippen molar-refractivity contribution in [3.63, 3.8) is 0 Å². The van der Waals surface area contributed by atoms with Crippen molar-refractivity contribution in [1.29, 1.82) is 0 Å². The first-order valence-corrected chi connectivity index (χ1v) is 8.47. The summed E-state index contributed by atoms with van der Waals surface area (Å²) in [4.78, 5) is 14.6.